The van der Waals surface area contributed by atoms with Crippen molar-refractivity contribution in [2.45, 2.75) is 46.0 Å². The van der Waals surface area contributed by atoms with Gasteiger partial charge in [-0.2, -0.15) is 0 Å². The van der Waals surface area contributed by atoms with Gasteiger partial charge in [-0.05, 0) is 31.6 Å². The lowest BCUT2D eigenvalue weighted by Crippen LogP contribution is -2.08. The fourth-order valence-corrected chi connectivity index (χ4v) is 2.05. The fourth-order valence-electron chi connectivity index (χ4n) is 2.05. The standard InChI is InChI=1S/C13H22O2/c1-3-15-13(14)10-11(2)8-9-12-6-4-5-7-12/h8-9,11-12H,3-7,10H2,1-2H3. The maximum absolute atomic E-state index is 11.2. The van der Waals surface area contributed by atoms with E-state index in [0.717, 1.165) is 5.92 Å². The molecule has 2 nitrogen and oxygen atoms in total. The third kappa shape index (κ3) is 5.01. The normalized spacial score (nSPS) is 19.6. The van der Waals surface area contributed by atoms with Gasteiger partial charge in [0.05, 0.1) is 13.0 Å². The van der Waals surface area contributed by atoms with Crippen molar-refractivity contribution in [2.24, 2.45) is 11.8 Å². The molecule has 0 bridgehead atoms. The molecule has 0 spiro atoms. The van der Waals surface area contributed by atoms with Crippen molar-refractivity contribution in [1.82, 2.24) is 0 Å². The van der Waals surface area contributed by atoms with Crippen LogP contribution in [-0.4, -0.2) is 12.6 Å². The van der Waals surface area contributed by atoms with Crippen LogP contribution in [-0.2, 0) is 9.53 Å². The van der Waals surface area contributed by atoms with Crippen molar-refractivity contribution in [3.63, 3.8) is 0 Å². The number of rotatable bonds is 5. The van der Waals surface area contributed by atoms with Crippen LogP contribution in [0.15, 0.2) is 12.2 Å². The molecule has 1 unspecified atom stereocenters. The van der Waals surface area contributed by atoms with Crippen molar-refractivity contribution in [2.75, 3.05) is 6.61 Å². The minimum Gasteiger partial charge on any atom is -0.466 e. The van der Waals surface area contributed by atoms with E-state index in [1.165, 1.54) is 25.7 Å². The second-order valence-electron chi connectivity index (χ2n) is 4.42. The van der Waals surface area contributed by atoms with E-state index in [2.05, 4.69) is 19.1 Å². The molecule has 0 aromatic carbocycles. The number of ether oxygens (including phenoxy) is 1. The maximum atomic E-state index is 11.2. The number of allylic oxidation sites excluding steroid dienone is 2. The molecule has 1 fully saturated rings. The summed E-state index contributed by atoms with van der Waals surface area (Å²) in [5.74, 6) is 0.986. The van der Waals surface area contributed by atoms with Gasteiger partial charge in [0, 0.05) is 0 Å². The largest absolute Gasteiger partial charge is 0.466 e. The van der Waals surface area contributed by atoms with Crippen molar-refractivity contribution >= 4 is 5.97 Å². The smallest absolute Gasteiger partial charge is 0.306 e. The summed E-state index contributed by atoms with van der Waals surface area (Å²) in [6, 6.07) is 0. The Morgan fingerprint density at radius 1 is 1.47 bits per heavy atom. The molecular weight excluding hydrogens is 188 g/mol. The highest BCUT2D eigenvalue weighted by molar-refractivity contribution is 5.69. The van der Waals surface area contributed by atoms with Gasteiger partial charge in [-0.3, -0.25) is 4.79 Å². The summed E-state index contributed by atoms with van der Waals surface area (Å²) in [6.07, 6.45) is 10.3. The van der Waals surface area contributed by atoms with Gasteiger partial charge in [0.25, 0.3) is 0 Å². The Labute approximate surface area is 92.7 Å². The number of carbonyl (C=O) groups is 1. The van der Waals surface area contributed by atoms with Crippen LogP contribution in [0.2, 0.25) is 0 Å². The second-order valence-corrected chi connectivity index (χ2v) is 4.42. The van der Waals surface area contributed by atoms with E-state index in [1.54, 1.807) is 0 Å². The maximum Gasteiger partial charge on any atom is 0.306 e. The molecule has 1 saturated carbocycles. The zero-order valence-corrected chi connectivity index (χ0v) is 9.87. The fraction of sp³-hybridized carbons (Fsp3) is 0.769. The molecule has 86 valence electrons. The van der Waals surface area contributed by atoms with Gasteiger partial charge < -0.3 is 4.74 Å². The Morgan fingerprint density at radius 2 is 2.13 bits per heavy atom. The second kappa shape index (κ2) is 6.65. The zero-order valence-electron chi connectivity index (χ0n) is 9.87. The van der Waals surface area contributed by atoms with Crippen LogP contribution < -0.4 is 0 Å². The van der Waals surface area contributed by atoms with Crippen molar-refractivity contribution in [1.29, 1.82) is 0 Å². The van der Waals surface area contributed by atoms with Gasteiger partial charge in [-0.15, -0.1) is 0 Å². The van der Waals surface area contributed by atoms with Gasteiger partial charge in [0.15, 0.2) is 0 Å². The van der Waals surface area contributed by atoms with Crippen molar-refractivity contribution < 1.29 is 9.53 Å². The molecule has 0 heterocycles. The average molecular weight is 210 g/mol. The first kappa shape index (κ1) is 12.3. The van der Waals surface area contributed by atoms with E-state index in [1.807, 2.05) is 6.92 Å². The first-order valence-electron chi connectivity index (χ1n) is 6.06. The van der Waals surface area contributed by atoms with E-state index >= 15 is 0 Å². The van der Waals surface area contributed by atoms with E-state index < -0.39 is 0 Å². The summed E-state index contributed by atoms with van der Waals surface area (Å²) in [6.45, 7) is 4.40. The minimum atomic E-state index is -0.0823. The van der Waals surface area contributed by atoms with Crippen LogP contribution in [0.5, 0.6) is 0 Å². The van der Waals surface area contributed by atoms with Crippen LogP contribution in [0.1, 0.15) is 46.0 Å². The molecule has 1 aliphatic carbocycles. The lowest BCUT2D eigenvalue weighted by atomic mass is 10.0. The monoisotopic (exact) mass is 210 g/mol. The van der Waals surface area contributed by atoms with E-state index in [9.17, 15) is 4.79 Å². The van der Waals surface area contributed by atoms with Crippen molar-refractivity contribution in [3.8, 4) is 0 Å². The van der Waals surface area contributed by atoms with Crippen LogP contribution in [0.3, 0.4) is 0 Å². The predicted molar refractivity (Wildman–Crippen MR) is 61.5 cm³/mol. The molecule has 0 saturated heterocycles. The number of hydrogen-bond acceptors (Lipinski definition) is 2. The molecule has 0 amide bonds. The van der Waals surface area contributed by atoms with Crippen LogP contribution >= 0.6 is 0 Å². The lowest BCUT2D eigenvalue weighted by molar-refractivity contribution is -0.143. The minimum absolute atomic E-state index is 0.0823. The van der Waals surface area contributed by atoms with E-state index in [4.69, 9.17) is 4.74 Å². The zero-order chi connectivity index (χ0) is 11.1. The lowest BCUT2D eigenvalue weighted by Gasteiger charge is -2.07. The summed E-state index contributed by atoms with van der Waals surface area (Å²) in [5, 5.41) is 0. The first-order valence-corrected chi connectivity index (χ1v) is 6.06. The average Bonchev–Trinajstić information content (AvgIpc) is 2.67. The molecule has 1 rings (SSSR count). The number of carbonyl (C=O) groups excluding carboxylic acids is 1. The molecule has 1 aliphatic rings. The summed E-state index contributed by atoms with van der Waals surface area (Å²) >= 11 is 0. The molecule has 0 radical (unpaired) electrons. The SMILES string of the molecule is CCOC(=O)CC(C)C=CC1CCCC1. The Balaban J connectivity index is 2.21. The first-order chi connectivity index (χ1) is 7.22. The van der Waals surface area contributed by atoms with Crippen molar-refractivity contribution in [3.05, 3.63) is 12.2 Å². The van der Waals surface area contributed by atoms with Crippen LogP contribution in [0.25, 0.3) is 0 Å². The van der Waals surface area contributed by atoms with Crippen LogP contribution in [0.4, 0.5) is 0 Å². The predicted octanol–water partition coefficient (Wildman–Crippen LogP) is 3.32. The Bertz CT molecular complexity index is 215. The Kier molecular flexibility index (Phi) is 5.44. The molecule has 0 aromatic heterocycles. The third-order valence-corrected chi connectivity index (χ3v) is 2.91. The topological polar surface area (TPSA) is 26.3 Å². The summed E-state index contributed by atoms with van der Waals surface area (Å²) in [4.78, 5) is 11.2. The highest BCUT2D eigenvalue weighted by atomic mass is 16.5. The Hall–Kier alpha value is -0.790. The summed E-state index contributed by atoms with van der Waals surface area (Å²) < 4.78 is 4.91. The molecule has 15 heavy (non-hydrogen) atoms. The van der Waals surface area contributed by atoms with E-state index in [0.29, 0.717) is 18.9 Å². The highest BCUT2D eigenvalue weighted by Crippen LogP contribution is 2.26. The molecule has 0 N–H and O–H groups in total. The van der Waals surface area contributed by atoms with Crippen LogP contribution in [0, 0.1) is 11.8 Å². The van der Waals surface area contributed by atoms with Gasteiger partial charge in [0.1, 0.15) is 0 Å². The number of esters is 1. The van der Waals surface area contributed by atoms with Gasteiger partial charge >= 0.3 is 5.97 Å². The van der Waals surface area contributed by atoms with E-state index in [-0.39, 0.29) is 5.97 Å². The highest BCUT2D eigenvalue weighted by Gasteiger charge is 2.12. The summed E-state index contributed by atoms with van der Waals surface area (Å²) in [7, 11) is 0. The van der Waals surface area contributed by atoms with Gasteiger partial charge in [-0.1, -0.05) is 31.9 Å². The van der Waals surface area contributed by atoms with Gasteiger partial charge in [-0.25, -0.2) is 0 Å². The van der Waals surface area contributed by atoms with Gasteiger partial charge in [0.2, 0.25) is 0 Å². The molecule has 0 aromatic rings. The summed E-state index contributed by atoms with van der Waals surface area (Å²) in [5.41, 5.74) is 0. The molecule has 2 heteroatoms. The molecule has 0 aliphatic heterocycles. The number of hydrogen-bond donors (Lipinski definition) is 0. The quantitative estimate of drug-likeness (QED) is 0.514. The molecular formula is C13H22O2. The third-order valence-electron chi connectivity index (χ3n) is 2.91. The Morgan fingerprint density at radius 3 is 2.73 bits per heavy atom. The molecule has 1 atom stereocenters.